The molecule has 116 valence electrons. The highest BCUT2D eigenvalue weighted by atomic mass is 32.2. The van der Waals surface area contributed by atoms with E-state index in [0.717, 1.165) is 32.6 Å². The van der Waals surface area contributed by atoms with Gasteiger partial charge in [-0.25, -0.2) is 9.97 Å². The molecular weight excluding hydrogens is 304 g/mol. The Morgan fingerprint density at radius 3 is 2.57 bits per heavy atom. The van der Waals surface area contributed by atoms with Crippen LogP contribution in [0.3, 0.4) is 0 Å². The maximum Gasteiger partial charge on any atom is 0.173 e. The summed E-state index contributed by atoms with van der Waals surface area (Å²) < 4.78 is 0. The minimum atomic E-state index is 0.137. The highest BCUT2D eigenvalue weighted by Crippen LogP contribution is 2.25. The highest BCUT2D eigenvalue weighted by Gasteiger charge is 2.13. The number of benzene rings is 2. The number of carbonyl (C=O) groups excluding carboxylic acids is 1. The zero-order valence-corrected chi connectivity index (χ0v) is 14.3. The summed E-state index contributed by atoms with van der Waals surface area (Å²) in [6, 6.07) is 11.9. The van der Waals surface area contributed by atoms with Gasteiger partial charge in [-0.05, 0) is 49.6 Å². The van der Waals surface area contributed by atoms with Crippen molar-refractivity contribution in [3.05, 3.63) is 65.0 Å². The van der Waals surface area contributed by atoms with Crippen molar-refractivity contribution in [3.8, 4) is 0 Å². The van der Waals surface area contributed by atoms with Crippen LogP contribution >= 0.6 is 11.8 Å². The topological polar surface area (TPSA) is 42.9 Å². The third kappa shape index (κ3) is 3.27. The van der Waals surface area contributed by atoms with Gasteiger partial charge in [-0.3, -0.25) is 4.79 Å². The number of aromatic nitrogens is 2. The predicted octanol–water partition coefficient (Wildman–Crippen LogP) is 4.53. The van der Waals surface area contributed by atoms with Gasteiger partial charge in [-0.2, -0.15) is 0 Å². The summed E-state index contributed by atoms with van der Waals surface area (Å²) in [6.07, 6.45) is 1.55. The average molecular weight is 322 g/mol. The van der Waals surface area contributed by atoms with E-state index in [9.17, 15) is 4.79 Å². The number of Topliss-reactive ketones (excluding diaryl/α,β-unsaturated/α-hetero) is 1. The highest BCUT2D eigenvalue weighted by molar-refractivity contribution is 8.00. The molecule has 0 spiro atoms. The molecule has 0 bridgehead atoms. The number of nitrogens with zero attached hydrogens (tertiary/aromatic N) is 2. The summed E-state index contributed by atoms with van der Waals surface area (Å²) in [4.78, 5) is 21.2. The number of fused-ring (bicyclic) bond motifs is 1. The van der Waals surface area contributed by atoms with Gasteiger partial charge in [-0.15, -0.1) is 0 Å². The first-order valence-electron chi connectivity index (χ1n) is 7.50. The molecule has 0 fully saturated rings. The molecule has 0 atom stereocenters. The fraction of sp³-hybridized carbons (Fsp3) is 0.211. The average Bonchev–Trinajstić information content (AvgIpc) is 2.56. The molecule has 4 heteroatoms. The van der Waals surface area contributed by atoms with Gasteiger partial charge < -0.3 is 0 Å². The number of carbonyl (C=O) groups is 1. The second-order valence-corrected chi connectivity index (χ2v) is 6.62. The van der Waals surface area contributed by atoms with E-state index in [1.807, 2.05) is 44.2 Å². The molecule has 3 rings (SSSR count). The third-order valence-corrected chi connectivity index (χ3v) is 4.99. The van der Waals surface area contributed by atoms with Gasteiger partial charge in [0.15, 0.2) is 5.78 Å². The van der Waals surface area contributed by atoms with Crippen LogP contribution in [0, 0.1) is 20.8 Å². The van der Waals surface area contributed by atoms with E-state index in [0.29, 0.717) is 5.75 Å². The summed E-state index contributed by atoms with van der Waals surface area (Å²) >= 11 is 1.47. The molecule has 2 aromatic carbocycles. The van der Waals surface area contributed by atoms with E-state index >= 15 is 0 Å². The number of thioether (sulfide) groups is 1. The van der Waals surface area contributed by atoms with Crippen molar-refractivity contribution >= 4 is 28.4 Å². The number of hydrogen-bond donors (Lipinski definition) is 0. The Morgan fingerprint density at radius 1 is 1.00 bits per heavy atom. The van der Waals surface area contributed by atoms with Crippen molar-refractivity contribution in [1.82, 2.24) is 9.97 Å². The smallest absolute Gasteiger partial charge is 0.173 e. The first-order valence-corrected chi connectivity index (χ1v) is 8.48. The van der Waals surface area contributed by atoms with E-state index in [1.54, 1.807) is 6.33 Å². The van der Waals surface area contributed by atoms with E-state index in [-0.39, 0.29) is 5.78 Å². The Kier molecular flexibility index (Phi) is 4.44. The van der Waals surface area contributed by atoms with E-state index < -0.39 is 0 Å². The Balaban J connectivity index is 1.83. The zero-order valence-electron chi connectivity index (χ0n) is 13.5. The first kappa shape index (κ1) is 15.7. The predicted molar refractivity (Wildman–Crippen MR) is 95.2 cm³/mol. The lowest BCUT2D eigenvalue weighted by atomic mass is 9.99. The lowest BCUT2D eigenvalue weighted by Crippen LogP contribution is -2.06. The fourth-order valence-electron chi connectivity index (χ4n) is 2.57. The minimum absolute atomic E-state index is 0.137. The number of rotatable bonds is 4. The Bertz CT molecular complexity index is 884. The van der Waals surface area contributed by atoms with Gasteiger partial charge in [0, 0.05) is 10.9 Å². The SMILES string of the molecule is Cc1cc(C)c(C(=O)CSc2ncnc3ccccc23)cc1C. The molecule has 0 radical (unpaired) electrons. The van der Waals surface area contributed by atoms with Crippen molar-refractivity contribution < 1.29 is 4.79 Å². The maximum absolute atomic E-state index is 12.6. The molecule has 0 aliphatic rings. The van der Waals surface area contributed by atoms with Crippen molar-refractivity contribution in [2.24, 2.45) is 0 Å². The summed E-state index contributed by atoms with van der Waals surface area (Å²) in [5.41, 5.74) is 5.11. The zero-order chi connectivity index (χ0) is 16.4. The van der Waals surface area contributed by atoms with Crippen LogP contribution in [-0.4, -0.2) is 21.5 Å². The largest absolute Gasteiger partial charge is 0.293 e. The molecule has 0 aliphatic carbocycles. The Labute approximate surface area is 140 Å². The van der Waals surface area contributed by atoms with Gasteiger partial charge >= 0.3 is 0 Å². The quantitative estimate of drug-likeness (QED) is 0.402. The van der Waals surface area contributed by atoms with Crippen LogP contribution in [0.1, 0.15) is 27.0 Å². The molecular formula is C19H18N2OS. The number of hydrogen-bond acceptors (Lipinski definition) is 4. The molecule has 3 aromatic rings. The van der Waals surface area contributed by atoms with Crippen molar-refractivity contribution in [1.29, 1.82) is 0 Å². The van der Waals surface area contributed by atoms with E-state index in [4.69, 9.17) is 0 Å². The van der Waals surface area contributed by atoms with Crippen molar-refractivity contribution in [2.75, 3.05) is 5.75 Å². The van der Waals surface area contributed by atoms with Crippen LogP contribution in [0.5, 0.6) is 0 Å². The lowest BCUT2D eigenvalue weighted by molar-refractivity contribution is 0.102. The second-order valence-electron chi connectivity index (χ2n) is 5.66. The molecule has 0 N–H and O–H groups in total. The Morgan fingerprint density at radius 2 is 1.74 bits per heavy atom. The second kappa shape index (κ2) is 6.50. The summed E-state index contributed by atoms with van der Waals surface area (Å²) in [5, 5.41) is 1.84. The molecule has 1 aromatic heterocycles. The van der Waals surface area contributed by atoms with E-state index in [2.05, 4.69) is 23.0 Å². The van der Waals surface area contributed by atoms with Crippen LogP contribution in [-0.2, 0) is 0 Å². The normalized spacial score (nSPS) is 10.9. The lowest BCUT2D eigenvalue weighted by Gasteiger charge is -2.09. The van der Waals surface area contributed by atoms with Gasteiger partial charge in [-0.1, -0.05) is 36.0 Å². The standard InChI is InChI=1S/C19H18N2OS/c1-12-8-14(3)16(9-13(12)2)18(22)10-23-19-15-6-4-5-7-17(15)20-11-21-19/h4-9,11H,10H2,1-3H3. The van der Waals surface area contributed by atoms with Gasteiger partial charge in [0.05, 0.1) is 11.3 Å². The fourth-order valence-corrected chi connectivity index (χ4v) is 3.44. The van der Waals surface area contributed by atoms with Gasteiger partial charge in [0.2, 0.25) is 0 Å². The molecule has 0 saturated carbocycles. The molecule has 0 amide bonds. The third-order valence-electron chi connectivity index (χ3n) is 3.99. The molecule has 23 heavy (non-hydrogen) atoms. The van der Waals surface area contributed by atoms with Crippen LogP contribution in [0.2, 0.25) is 0 Å². The molecule has 1 heterocycles. The van der Waals surface area contributed by atoms with Gasteiger partial charge in [0.1, 0.15) is 11.4 Å². The van der Waals surface area contributed by atoms with Crippen LogP contribution in [0.15, 0.2) is 47.8 Å². The number of aryl methyl sites for hydroxylation is 3. The molecule has 3 nitrogen and oxygen atoms in total. The molecule has 0 saturated heterocycles. The Hall–Kier alpha value is -2.20. The van der Waals surface area contributed by atoms with Crippen LogP contribution in [0.4, 0.5) is 0 Å². The van der Waals surface area contributed by atoms with Crippen molar-refractivity contribution in [3.63, 3.8) is 0 Å². The van der Waals surface area contributed by atoms with Crippen LogP contribution in [0.25, 0.3) is 10.9 Å². The van der Waals surface area contributed by atoms with Crippen molar-refractivity contribution in [2.45, 2.75) is 25.8 Å². The minimum Gasteiger partial charge on any atom is -0.293 e. The first-order chi connectivity index (χ1) is 11.1. The summed E-state index contributed by atoms with van der Waals surface area (Å²) in [7, 11) is 0. The molecule has 0 unspecified atom stereocenters. The van der Waals surface area contributed by atoms with E-state index in [1.165, 1.54) is 17.3 Å². The summed E-state index contributed by atoms with van der Waals surface area (Å²) in [6.45, 7) is 6.10. The van der Waals surface area contributed by atoms with Crippen LogP contribution < -0.4 is 0 Å². The molecule has 0 aliphatic heterocycles. The summed E-state index contributed by atoms with van der Waals surface area (Å²) in [5.74, 6) is 0.517. The number of para-hydroxylation sites is 1. The monoisotopic (exact) mass is 322 g/mol. The van der Waals surface area contributed by atoms with Gasteiger partial charge in [0.25, 0.3) is 0 Å². The maximum atomic E-state index is 12.6. The number of ketones is 1.